The van der Waals surface area contributed by atoms with Gasteiger partial charge in [0.25, 0.3) is 0 Å². The van der Waals surface area contributed by atoms with Gasteiger partial charge in [-0.3, -0.25) is 0 Å². The third-order valence-electron chi connectivity index (χ3n) is 3.16. The van der Waals surface area contributed by atoms with Gasteiger partial charge in [-0.25, -0.2) is 5.01 Å². The van der Waals surface area contributed by atoms with Crippen LogP contribution in [0.3, 0.4) is 0 Å². The molecule has 2 nitrogen and oxygen atoms in total. The Labute approximate surface area is 117 Å². The molecular weight excluding hydrogens is 244 g/mol. The molecule has 0 radical (unpaired) electrons. The molecule has 3 heteroatoms. The van der Waals surface area contributed by atoms with Gasteiger partial charge in [-0.15, -0.1) is 0 Å². The first kappa shape index (κ1) is 15.3. The molecule has 0 bridgehead atoms. The maximum Gasteiger partial charge on any atom is 0.0565 e. The first-order valence-corrected chi connectivity index (χ1v) is 7.28. The summed E-state index contributed by atoms with van der Waals surface area (Å²) >= 11 is 6.13. The zero-order valence-electron chi connectivity index (χ0n) is 12.0. The number of anilines is 1. The van der Waals surface area contributed by atoms with Crippen LogP contribution < -0.4 is 5.01 Å². The molecule has 0 atom stereocenters. The minimum Gasteiger partial charge on any atom is -0.309 e. The maximum atomic E-state index is 6.13. The number of hydrogen-bond donors (Lipinski definition) is 0. The van der Waals surface area contributed by atoms with Gasteiger partial charge < -0.3 is 5.01 Å². The highest BCUT2D eigenvalue weighted by Crippen LogP contribution is 2.25. The molecule has 0 saturated carbocycles. The predicted molar refractivity (Wildman–Crippen MR) is 81.4 cm³/mol. The lowest BCUT2D eigenvalue weighted by Crippen LogP contribution is -2.41. The number of halogens is 1. The van der Waals surface area contributed by atoms with Crippen LogP contribution in [0.1, 0.15) is 39.2 Å². The number of hydrazine groups is 1. The topological polar surface area (TPSA) is 6.48 Å². The van der Waals surface area contributed by atoms with Crippen molar-refractivity contribution in [1.29, 1.82) is 0 Å². The summed E-state index contributed by atoms with van der Waals surface area (Å²) < 4.78 is 0. The molecule has 0 aliphatic carbocycles. The van der Waals surface area contributed by atoms with Crippen LogP contribution >= 0.6 is 11.6 Å². The van der Waals surface area contributed by atoms with Crippen LogP contribution in [0.15, 0.2) is 18.2 Å². The fourth-order valence-corrected chi connectivity index (χ4v) is 2.38. The zero-order chi connectivity index (χ0) is 13.5. The molecule has 0 spiro atoms. The summed E-state index contributed by atoms with van der Waals surface area (Å²) in [5, 5.41) is 5.46. The van der Waals surface area contributed by atoms with Crippen molar-refractivity contribution in [2.75, 3.05) is 25.1 Å². The van der Waals surface area contributed by atoms with E-state index < -0.39 is 0 Å². The van der Waals surface area contributed by atoms with Crippen molar-refractivity contribution in [2.45, 2.75) is 40.0 Å². The molecule has 0 fully saturated rings. The number of rotatable bonds is 7. The monoisotopic (exact) mass is 268 g/mol. The van der Waals surface area contributed by atoms with Crippen LogP contribution in [0, 0.1) is 0 Å². The van der Waals surface area contributed by atoms with Crippen molar-refractivity contribution >= 4 is 17.3 Å². The van der Waals surface area contributed by atoms with Crippen LogP contribution in [0.2, 0.25) is 5.02 Å². The van der Waals surface area contributed by atoms with Gasteiger partial charge in [0.1, 0.15) is 0 Å². The van der Waals surface area contributed by atoms with Crippen LogP contribution in [0.5, 0.6) is 0 Å². The molecule has 0 aliphatic rings. The number of aryl methyl sites for hydroxylation is 1. The van der Waals surface area contributed by atoms with E-state index in [9.17, 15) is 0 Å². The number of benzene rings is 1. The zero-order valence-corrected chi connectivity index (χ0v) is 12.8. The minimum absolute atomic E-state index is 0.807. The Kier molecular flexibility index (Phi) is 6.51. The smallest absolute Gasteiger partial charge is 0.0565 e. The van der Waals surface area contributed by atoms with E-state index in [2.05, 4.69) is 50.0 Å². The average Bonchev–Trinajstić information content (AvgIpc) is 2.37. The van der Waals surface area contributed by atoms with E-state index in [0.717, 1.165) is 37.4 Å². The van der Waals surface area contributed by atoms with Crippen molar-refractivity contribution < 1.29 is 0 Å². The van der Waals surface area contributed by atoms with Gasteiger partial charge in [0.05, 0.1) is 5.69 Å². The summed E-state index contributed by atoms with van der Waals surface area (Å²) in [5.74, 6) is 0. The van der Waals surface area contributed by atoms with Gasteiger partial charge in [0.2, 0.25) is 0 Å². The molecule has 1 rings (SSSR count). The summed E-state index contributed by atoms with van der Waals surface area (Å²) in [4.78, 5) is 0. The average molecular weight is 269 g/mol. The maximum absolute atomic E-state index is 6.13. The lowest BCUT2D eigenvalue weighted by atomic mass is 10.1. The summed E-state index contributed by atoms with van der Waals surface area (Å²) in [6.45, 7) is 8.79. The second-order valence-corrected chi connectivity index (χ2v) is 5.04. The van der Waals surface area contributed by atoms with Crippen LogP contribution in [-0.2, 0) is 6.42 Å². The fourth-order valence-electron chi connectivity index (χ4n) is 2.22. The molecule has 0 N–H and O–H groups in total. The molecule has 1 aromatic rings. The van der Waals surface area contributed by atoms with E-state index >= 15 is 0 Å². The van der Waals surface area contributed by atoms with Crippen molar-refractivity contribution in [3.05, 3.63) is 28.8 Å². The highest BCUT2D eigenvalue weighted by atomic mass is 35.5. The summed E-state index contributed by atoms with van der Waals surface area (Å²) in [6, 6.07) is 6.17. The van der Waals surface area contributed by atoms with E-state index in [1.165, 1.54) is 11.3 Å². The highest BCUT2D eigenvalue weighted by molar-refractivity contribution is 6.30. The number of nitrogens with zero attached hydrogens (tertiary/aromatic N) is 2. The molecule has 102 valence electrons. The van der Waals surface area contributed by atoms with Crippen molar-refractivity contribution in [1.82, 2.24) is 5.01 Å². The molecule has 0 unspecified atom stereocenters. The molecule has 0 saturated heterocycles. The van der Waals surface area contributed by atoms with Gasteiger partial charge in [-0.2, -0.15) is 0 Å². The lowest BCUT2D eigenvalue weighted by molar-refractivity contribution is 0.264. The predicted octanol–water partition coefficient (Wildman–Crippen LogP) is 4.38. The van der Waals surface area contributed by atoms with E-state index in [4.69, 9.17) is 11.6 Å². The Hall–Kier alpha value is -0.730. The Bertz CT molecular complexity index is 360. The van der Waals surface area contributed by atoms with Gasteiger partial charge in [0.15, 0.2) is 0 Å². The van der Waals surface area contributed by atoms with E-state index in [1.807, 2.05) is 6.07 Å². The summed E-state index contributed by atoms with van der Waals surface area (Å²) in [5.41, 5.74) is 2.58. The SMILES string of the molecule is CCCN(CCC)N(C)c1cc(Cl)ccc1CC. The quantitative estimate of drug-likeness (QED) is 0.678. The van der Waals surface area contributed by atoms with Crippen molar-refractivity contribution in [2.24, 2.45) is 0 Å². The third-order valence-corrected chi connectivity index (χ3v) is 3.40. The Morgan fingerprint density at radius 2 is 1.67 bits per heavy atom. The minimum atomic E-state index is 0.807. The largest absolute Gasteiger partial charge is 0.309 e. The molecule has 0 aromatic heterocycles. The van der Waals surface area contributed by atoms with Gasteiger partial charge >= 0.3 is 0 Å². The van der Waals surface area contributed by atoms with Gasteiger partial charge in [-0.05, 0) is 37.0 Å². The molecule has 1 aromatic carbocycles. The number of hydrogen-bond acceptors (Lipinski definition) is 2. The normalized spacial score (nSPS) is 11.0. The van der Waals surface area contributed by atoms with Crippen LogP contribution in [-0.4, -0.2) is 25.1 Å². The lowest BCUT2D eigenvalue weighted by Gasteiger charge is -2.34. The van der Waals surface area contributed by atoms with E-state index in [0.29, 0.717) is 0 Å². The van der Waals surface area contributed by atoms with E-state index in [1.54, 1.807) is 0 Å². The Balaban J connectivity index is 2.98. The Morgan fingerprint density at radius 1 is 1.06 bits per heavy atom. The molecule has 0 heterocycles. The Morgan fingerprint density at radius 3 is 2.17 bits per heavy atom. The highest BCUT2D eigenvalue weighted by Gasteiger charge is 2.13. The van der Waals surface area contributed by atoms with Gasteiger partial charge in [-0.1, -0.05) is 38.4 Å². The molecule has 0 amide bonds. The first-order chi connectivity index (χ1) is 8.63. The second kappa shape index (κ2) is 7.65. The standard InChI is InChI=1S/C15H25ClN2/c1-5-10-18(11-6-2)17(4)15-12-14(16)9-8-13(15)7-3/h8-9,12H,5-7,10-11H2,1-4H3. The molecule has 18 heavy (non-hydrogen) atoms. The third kappa shape index (κ3) is 3.89. The van der Waals surface area contributed by atoms with Crippen molar-refractivity contribution in [3.63, 3.8) is 0 Å². The second-order valence-electron chi connectivity index (χ2n) is 4.60. The summed E-state index contributed by atoms with van der Waals surface area (Å²) in [7, 11) is 2.14. The molecular formula is C15H25ClN2. The van der Waals surface area contributed by atoms with E-state index in [-0.39, 0.29) is 0 Å². The van der Waals surface area contributed by atoms with Gasteiger partial charge in [0, 0.05) is 25.2 Å². The molecule has 0 aliphatic heterocycles. The van der Waals surface area contributed by atoms with Crippen LogP contribution in [0.25, 0.3) is 0 Å². The van der Waals surface area contributed by atoms with Crippen molar-refractivity contribution in [3.8, 4) is 0 Å². The fraction of sp³-hybridized carbons (Fsp3) is 0.600. The summed E-state index contributed by atoms with van der Waals surface area (Å²) in [6.07, 6.45) is 3.35. The van der Waals surface area contributed by atoms with Crippen LogP contribution in [0.4, 0.5) is 5.69 Å². The first-order valence-electron chi connectivity index (χ1n) is 6.91.